The molecule has 482 valence electrons. The Morgan fingerprint density at radius 1 is 0.311 bits per heavy atom. The molecule has 0 fully saturated rings. The summed E-state index contributed by atoms with van der Waals surface area (Å²) in [7, 11) is 13.5. The first kappa shape index (κ1) is 64.0. The molecule has 0 amide bonds. The van der Waals surface area contributed by atoms with Crippen LogP contribution in [0, 0.1) is 35.5 Å². The quantitative estimate of drug-likeness (QED) is 0.157. The van der Waals surface area contributed by atoms with Gasteiger partial charge in [0.05, 0.1) is 6.10 Å². The normalized spacial score (nSPS) is 30.0. The van der Waals surface area contributed by atoms with Gasteiger partial charge in [-0.3, -0.25) is 0 Å². The highest BCUT2D eigenvalue weighted by molar-refractivity contribution is 5.72. The fraction of sp³-hybridized carbons (Fsp3) is 0.550. The Morgan fingerprint density at radius 2 is 0.533 bits per heavy atom. The van der Waals surface area contributed by atoms with E-state index in [0.29, 0.717) is 11.8 Å². The third-order valence-electron chi connectivity index (χ3n) is 27.4. The maximum Gasteiger partial charge on any atom is 0.411 e. The summed E-state index contributed by atoms with van der Waals surface area (Å²) in [5, 5.41) is 0. The standard InChI is InChI=1S/C80H105F3N6O/c1-45-68(56-27-25-26-28-62(56)84(19)74(45,7)8)51-29-34-63-57(39-51)69(46(2)75(9,10)85(63)20)52-30-35-64-58(40-52)70(47(3)76(11,12)86(64)21)53-31-36-65-59(41-53)71(48(4)77(13,14)87(65)22)54-32-37-66-60(42-54)72(49(5)78(15,16)88(66)23)55-33-38-67-61(43-55)73(90-44-80(81,82)83)50(6)79(17,18)89(67)24/h25-43,45-50,68-73H,44H2,1-24H3. The van der Waals surface area contributed by atoms with E-state index in [1.54, 1.807) is 0 Å². The third-order valence-corrected chi connectivity index (χ3v) is 27.4. The summed E-state index contributed by atoms with van der Waals surface area (Å²) in [6.45, 7) is 41.3. The summed E-state index contributed by atoms with van der Waals surface area (Å²) in [5.74, 6) is 1.61. The molecule has 6 aromatic rings. The number of nitrogens with zero attached hydrogens (tertiary/aromatic N) is 6. The maximum atomic E-state index is 14.0. The number of benzene rings is 6. The van der Waals surface area contributed by atoms with Gasteiger partial charge in [-0.15, -0.1) is 0 Å². The molecule has 7 nitrogen and oxygen atoms in total. The lowest BCUT2D eigenvalue weighted by Crippen LogP contribution is -2.53. The SMILES string of the molecule is CC1C(OCC(F)(F)F)c2cc(C3c4cc(C5c6cc(C7c8cc(C9c%10cc(C%11c%12ccccc%12N(C)C(C)(C)C%11C)ccc%10N(C)C(C)(C)C9C)ccc8N(C)C(C)(C)C7C)ccc6N(C)C(C)(C)C5C)ccc4N(C)C(C)(C)C3C)ccc2N(C)C1(C)C. The molecule has 6 aromatic carbocycles. The summed E-state index contributed by atoms with van der Waals surface area (Å²) in [6, 6.07) is 45.6. The summed E-state index contributed by atoms with van der Waals surface area (Å²) >= 11 is 0. The van der Waals surface area contributed by atoms with Crippen LogP contribution in [-0.4, -0.2) is 88.3 Å². The maximum absolute atomic E-state index is 14.0. The molecule has 0 radical (unpaired) electrons. The number of hydrogen-bond donors (Lipinski definition) is 0. The molecular formula is C80H105F3N6O. The molecule has 0 spiro atoms. The van der Waals surface area contributed by atoms with E-state index in [-0.39, 0.29) is 81.0 Å². The van der Waals surface area contributed by atoms with Gasteiger partial charge in [-0.1, -0.05) is 120 Å². The van der Waals surface area contributed by atoms with E-state index < -0.39 is 24.4 Å². The Balaban J connectivity index is 0.990. The first-order chi connectivity index (χ1) is 41.8. The van der Waals surface area contributed by atoms with E-state index in [4.69, 9.17) is 4.74 Å². The first-order valence-corrected chi connectivity index (χ1v) is 33.7. The van der Waals surface area contributed by atoms with Gasteiger partial charge in [-0.25, -0.2) is 0 Å². The van der Waals surface area contributed by atoms with E-state index in [1.165, 1.54) is 78.5 Å². The first-order valence-electron chi connectivity index (χ1n) is 33.7. The lowest BCUT2D eigenvalue weighted by Gasteiger charge is -2.54. The zero-order chi connectivity index (χ0) is 65.6. The lowest BCUT2D eigenvalue weighted by atomic mass is 9.63. The van der Waals surface area contributed by atoms with Crippen LogP contribution >= 0.6 is 0 Å². The minimum absolute atomic E-state index is 0.0400. The fourth-order valence-corrected chi connectivity index (χ4v) is 18.1. The Morgan fingerprint density at radius 3 is 0.811 bits per heavy atom. The average Bonchev–Trinajstić information content (AvgIpc) is 0.750. The molecule has 0 saturated carbocycles. The predicted octanol–water partition coefficient (Wildman–Crippen LogP) is 19.2. The fourth-order valence-electron chi connectivity index (χ4n) is 18.1. The van der Waals surface area contributed by atoms with Crippen molar-refractivity contribution in [3.63, 3.8) is 0 Å². The number of fused-ring (bicyclic) bond motifs is 6. The molecule has 12 unspecified atom stereocenters. The van der Waals surface area contributed by atoms with Crippen LogP contribution in [0.4, 0.5) is 47.3 Å². The largest absolute Gasteiger partial charge is 0.411 e. The van der Waals surface area contributed by atoms with E-state index >= 15 is 0 Å². The zero-order valence-electron chi connectivity index (χ0n) is 58.8. The van der Waals surface area contributed by atoms with Gasteiger partial charge in [-0.2, -0.15) is 13.2 Å². The second-order valence-electron chi connectivity index (χ2n) is 32.4. The van der Waals surface area contributed by atoms with Crippen molar-refractivity contribution in [3.05, 3.63) is 176 Å². The molecule has 6 aliphatic rings. The van der Waals surface area contributed by atoms with Crippen molar-refractivity contribution >= 4 is 34.1 Å². The van der Waals surface area contributed by atoms with Crippen LogP contribution in [0.25, 0.3) is 0 Å². The Kier molecular flexibility index (Phi) is 15.1. The number of halogens is 3. The van der Waals surface area contributed by atoms with Crippen LogP contribution < -0.4 is 29.4 Å². The Bertz CT molecular complexity index is 3780. The highest BCUT2D eigenvalue weighted by atomic mass is 19.4. The summed E-state index contributed by atoms with van der Waals surface area (Å²) < 4.78 is 48.1. The molecule has 10 heteroatoms. The number of para-hydroxylation sites is 1. The molecule has 6 heterocycles. The van der Waals surface area contributed by atoms with Gasteiger partial charge in [0.1, 0.15) is 6.61 Å². The zero-order valence-corrected chi connectivity index (χ0v) is 58.8. The molecule has 0 bridgehead atoms. The minimum atomic E-state index is -4.44. The van der Waals surface area contributed by atoms with E-state index in [1.807, 2.05) is 6.92 Å². The topological polar surface area (TPSA) is 28.7 Å². The molecular weight excluding hydrogens is 1120 g/mol. The number of alkyl halides is 3. The molecule has 0 N–H and O–H groups in total. The van der Waals surface area contributed by atoms with Crippen molar-refractivity contribution in [2.24, 2.45) is 35.5 Å². The van der Waals surface area contributed by atoms with Crippen molar-refractivity contribution in [2.75, 3.05) is 78.3 Å². The van der Waals surface area contributed by atoms with Crippen molar-refractivity contribution in [3.8, 4) is 0 Å². The highest BCUT2D eigenvalue weighted by Crippen LogP contribution is 2.60. The number of hydrogen-bond acceptors (Lipinski definition) is 7. The Hall–Kier alpha value is -6.13. The van der Waals surface area contributed by atoms with Gasteiger partial charge < -0.3 is 34.1 Å². The minimum Gasteiger partial charge on any atom is -0.369 e. The van der Waals surface area contributed by atoms with E-state index in [0.717, 1.165) is 16.8 Å². The van der Waals surface area contributed by atoms with Gasteiger partial charge in [0, 0.05) is 151 Å². The van der Waals surface area contributed by atoms with E-state index in [9.17, 15) is 13.2 Å². The molecule has 0 aromatic heterocycles. The molecule has 6 aliphatic heterocycles. The van der Waals surface area contributed by atoms with Gasteiger partial charge in [0.25, 0.3) is 0 Å². The van der Waals surface area contributed by atoms with Gasteiger partial charge in [-0.05, 0) is 205 Å². The summed E-state index contributed by atoms with van der Waals surface area (Å²) in [6.07, 6.45) is -5.17. The van der Waals surface area contributed by atoms with Crippen LogP contribution in [-0.2, 0) is 4.74 Å². The number of rotatable bonds is 7. The molecule has 0 aliphatic carbocycles. The van der Waals surface area contributed by atoms with Crippen molar-refractivity contribution in [1.29, 1.82) is 0 Å². The van der Waals surface area contributed by atoms with Crippen LogP contribution in [0.2, 0.25) is 0 Å². The van der Waals surface area contributed by atoms with E-state index in [2.05, 4.69) is 305 Å². The molecule has 0 saturated heterocycles. The van der Waals surface area contributed by atoms with Crippen molar-refractivity contribution in [2.45, 2.75) is 200 Å². The number of ether oxygens (including phenoxy) is 1. The monoisotopic (exact) mass is 1220 g/mol. The molecule has 90 heavy (non-hydrogen) atoms. The Labute approximate surface area is 539 Å². The third kappa shape index (κ3) is 9.31. The van der Waals surface area contributed by atoms with Crippen LogP contribution in [0.5, 0.6) is 0 Å². The summed E-state index contributed by atoms with van der Waals surface area (Å²) in [4.78, 5) is 14.8. The predicted molar refractivity (Wildman–Crippen MR) is 372 cm³/mol. The molecule has 12 atom stereocenters. The highest BCUT2D eigenvalue weighted by Gasteiger charge is 2.52. The van der Waals surface area contributed by atoms with Crippen molar-refractivity contribution in [1.82, 2.24) is 0 Å². The smallest absolute Gasteiger partial charge is 0.369 e. The average molecular weight is 1220 g/mol. The van der Waals surface area contributed by atoms with Crippen LogP contribution in [0.15, 0.2) is 115 Å². The van der Waals surface area contributed by atoms with Crippen LogP contribution in [0.3, 0.4) is 0 Å². The second-order valence-corrected chi connectivity index (χ2v) is 32.4. The molecule has 12 rings (SSSR count). The second kappa shape index (κ2) is 21.2. The van der Waals surface area contributed by atoms with Gasteiger partial charge in [0.15, 0.2) is 0 Å². The lowest BCUT2D eigenvalue weighted by molar-refractivity contribution is -0.194. The van der Waals surface area contributed by atoms with Gasteiger partial charge >= 0.3 is 6.18 Å². The number of anilines is 6. The van der Waals surface area contributed by atoms with Crippen molar-refractivity contribution < 1.29 is 17.9 Å². The van der Waals surface area contributed by atoms with Crippen LogP contribution in [0.1, 0.15) is 222 Å². The van der Waals surface area contributed by atoms with Gasteiger partial charge in [0.2, 0.25) is 0 Å². The summed E-state index contributed by atoms with van der Waals surface area (Å²) in [5.41, 5.74) is 20.3.